The molecule has 4 fully saturated rings. The molecule has 19 heteroatoms. The van der Waals surface area contributed by atoms with Gasteiger partial charge in [0.05, 0.1) is 52.4 Å². The summed E-state index contributed by atoms with van der Waals surface area (Å²) >= 11 is 16.9. The Bertz CT molecular complexity index is 1160. The highest BCUT2D eigenvalue weighted by Gasteiger charge is 2.33. The minimum atomic E-state index is -3.42. The molecule has 5 rings (SSSR count). The fourth-order valence-corrected chi connectivity index (χ4v) is 7.67. The van der Waals surface area contributed by atoms with E-state index < -0.39 is 30.3 Å². The van der Waals surface area contributed by atoms with Gasteiger partial charge in [0.1, 0.15) is 6.23 Å². The third kappa shape index (κ3) is 12.2. The van der Waals surface area contributed by atoms with E-state index in [0.717, 1.165) is 32.7 Å². The SMILES string of the molecule is C1COCCN1.Cc1cn([C@H]2CCC[C@@H](COP(=O)(Cl)N3CCOCC3)O2)c(=O)[nH]c1=O.O=P(Cl)(Cl)N1CCOCC1. The summed E-state index contributed by atoms with van der Waals surface area (Å²) in [6.45, 7) is 6.21. The number of nitrogens with one attached hydrogen (secondary N) is 2. The standard InChI is InChI=1S/C15H23ClN3O6P.C4H8Cl2NO2P.C4H9NO/c1-11-9-19(15(21)17-14(11)20)13-4-2-3-12(25-13)10-24-26(16,22)18-5-7-23-8-6-18;5-10(6,8)7-1-3-9-4-2-7;1-3-6-4-2-5-1/h9,12-13H,2-8,10H2,1H3,(H,17,20,21);1-4H2;5H,1-4H2/t12-,13+,26?;;/m0../s1. The van der Waals surface area contributed by atoms with Crippen LogP contribution in [0.25, 0.3) is 0 Å². The first-order chi connectivity index (χ1) is 20.0. The number of nitrogens with zero attached hydrogens (tertiary/aromatic N) is 3. The molecule has 1 aromatic rings. The van der Waals surface area contributed by atoms with E-state index in [0.29, 0.717) is 71.0 Å². The molecule has 242 valence electrons. The number of ether oxygens (including phenoxy) is 4. The van der Waals surface area contributed by atoms with Gasteiger partial charge in [-0.3, -0.25) is 23.5 Å². The molecule has 2 N–H and O–H groups in total. The number of hydrogen-bond donors (Lipinski definition) is 2. The van der Waals surface area contributed by atoms with Crippen LogP contribution >= 0.6 is 46.6 Å². The van der Waals surface area contributed by atoms with E-state index in [-0.39, 0.29) is 12.7 Å². The molecule has 3 atom stereocenters. The highest BCUT2D eigenvalue weighted by atomic mass is 35.9. The Morgan fingerprint density at radius 1 is 0.905 bits per heavy atom. The number of hydrogen-bond acceptors (Lipinski definition) is 10. The van der Waals surface area contributed by atoms with E-state index >= 15 is 0 Å². The van der Waals surface area contributed by atoms with Gasteiger partial charge in [0.25, 0.3) is 5.56 Å². The summed E-state index contributed by atoms with van der Waals surface area (Å²) in [7, 11) is 0. The minimum Gasteiger partial charge on any atom is -0.379 e. The topological polar surface area (TPSA) is 154 Å². The van der Waals surface area contributed by atoms with Crippen molar-refractivity contribution in [2.75, 3.05) is 85.5 Å². The molecule has 0 radical (unpaired) electrons. The average Bonchev–Trinajstić information content (AvgIpc) is 3.00. The van der Waals surface area contributed by atoms with Gasteiger partial charge >= 0.3 is 18.6 Å². The Balaban J connectivity index is 0.000000245. The third-order valence-corrected chi connectivity index (χ3v) is 11.5. The van der Waals surface area contributed by atoms with Crippen molar-refractivity contribution < 1.29 is 32.6 Å². The maximum absolute atomic E-state index is 12.6. The van der Waals surface area contributed by atoms with Crippen molar-refractivity contribution in [3.8, 4) is 0 Å². The Labute approximate surface area is 259 Å². The van der Waals surface area contributed by atoms with Gasteiger partial charge in [-0.1, -0.05) is 0 Å². The molecular weight excluding hydrogens is 659 g/mol. The van der Waals surface area contributed by atoms with E-state index in [9.17, 15) is 18.7 Å². The first-order valence-electron chi connectivity index (χ1n) is 13.8. The Kier molecular flexibility index (Phi) is 15.5. The molecule has 0 amide bonds. The second-order valence-corrected chi connectivity index (χ2v) is 17.5. The minimum absolute atomic E-state index is 0.0751. The molecule has 5 heterocycles. The maximum atomic E-state index is 12.6. The number of morpholine rings is 3. The van der Waals surface area contributed by atoms with Gasteiger partial charge in [-0.25, -0.2) is 14.1 Å². The van der Waals surface area contributed by atoms with Gasteiger partial charge in [-0.2, -0.15) is 0 Å². The zero-order valence-corrected chi connectivity index (χ0v) is 27.6. The molecule has 1 unspecified atom stereocenters. The predicted octanol–water partition coefficient (Wildman–Crippen LogP) is 3.12. The smallest absolute Gasteiger partial charge is 0.363 e. The molecule has 1 aromatic heterocycles. The van der Waals surface area contributed by atoms with Crippen LogP contribution in [0.4, 0.5) is 0 Å². The van der Waals surface area contributed by atoms with Crippen molar-refractivity contribution in [2.24, 2.45) is 0 Å². The van der Waals surface area contributed by atoms with Crippen molar-refractivity contribution in [1.29, 1.82) is 0 Å². The van der Waals surface area contributed by atoms with Crippen LogP contribution in [0.2, 0.25) is 0 Å². The first-order valence-corrected chi connectivity index (χ1v) is 19.8. The summed E-state index contributed by atoms with van der Waals surface area (Å²) < 4.78 is 54.7. The normalized spacial score (nSPS) is 25.7. The fraction of sp³-hybridized carbons (Fsp3) is 0.826. The van der Waals surface area contributed by atoms with Gasteiger partial charge in [-0.15, -0.1) is 0 Å². The molecule has 4 aliphatic heterocycles. The Morgan fingerprint density at radius 2 is 1.48 bits per heavy atom. The van der Waals surface area contributed by atoms with Gasteiger partial charge in [-0.05, 0) is 59.9 Å². The van der Waals surface area contributed by atoms with Gasteiger partial charge in [0.15, 0.2) is 0 Å². The first kappa shape index (κ1) is 36.2. The van der Waals surface area contributed by atoms with Crippen LogP contribution in [-0.4, -0.2) is 111 Å². The summed E-state index contributed by atoms with van der Waals surface area (Å²) in [6.07, 6.45) is 2.83. The number of aryl methyl sites for hydroxylation is 1. The molecule has 0 aliphatic carbocycles. The van der Waals surface area contributed by atoms with Crippen LogP contribution in [0, 0.1) is 6.92 Å². The van der Waals surface area contributed by atoms with E-state index in [1.165, 1.54) is 10.8 Å². The number of H-pyrrole nitrogens is 1. The highest BCUT2D eigenvalue weighted by Crippen LogP contribution is 2.59. The highest BCUT2D eigenvalue weighted by molar-refractivity contribution is 8.06. The monoisotopic (exact) mass is 697 g/mol. The molecule has 0 spiro atoms. The molecule has 0 aromatic carbocycles. The van der Waals surface area contributed by atoms with E-state index in [2.05, 4.69) is 10.3 Å². The third-order valence-electron chi connectivity index (χ3n) is 6.69. The molecular formula is C23H40Cl3N5O9P2. The summed E-state index contributed by atoms with van der Waals surface area (Å²) in [6, 6.07) is 0. The Morgan fingerprint density at radius 3 is 1.98 bits per heavy atom. The number of aromatic nitrogens is 2. The quantitative estimate of drug-likeness (QED) is 0.420. The van der Waals surface area contributed by atoms with Crippen LogP contribution < -0.4 is 16.6 Å². The predicted molar refractivity (Wildman–Crippen MR) is 161 cm³/mol. The maximum Gasteiger partial charge on any atom is 0.363 e. The van der Waals surface area contributed by atoms with E-state index in [4.69, 9.17) is 57.2 Å². The number of aromatic amines is 1. The lowest BCUT2D eigenvalue weighted by atomic mass is 10.1. The summed E-state index contributed by atoms with van der Waals surface area (Å²) in [5.74, 6) is -3.04. The molecule has 4 saturated heterocycles. The van der Waals surface area contributed by atoms with E-state index in [1.807, 2.05) is 0 Å². The van der Waals surface area contributed by atoms with Crippen molar-refractivity contribution in [2.45, 2.75) is 38.5 Å². The molecule has 0 bridgehead atoms. The summed E-state index contributed by atoms with van der Waals surface area (Å²) in [4.78, 5) is 25.8. The van der Waals surface area contributed by atoms with Crippen LogP contribution in [0.3, 0.4) is 0 Å². The van der Waals surface area contributed by atoms with Crippen molar-refractivity contribution >= 4 is 46.6 Å². The van der Waals surface area contributed by atoms with Crippen LogP contribution in [0.15, 0.2) is 15.8 Å². The van der Waals surface area contributed by atoms with E-state index in [1.54, 1.807) is 16.3 Å². The van der Waals surface area contributed by atoms with Gasteiger partial charge < -0.3 is 28.8 Å². The fourth-order valence-electron chi connectivity index (χ4n) is 4.36. The summed E-state index contributed by atoms with van der Waals surface area (Å²) in [5.41, 5.74) is -0.483. The largest absolute Gasteiger partial charge is 0.379 e. The lowest BCUT2D eigenvalue weighted by Crippen LogP contribution is -2.38. The van der Waals surface area contributed by atoms with Crippen LogP contribution in [-0.2, 0) is 32.6 Å². The second-order valence-electron chi connectivity index (χ2n) is 9.80. The number of halogens is 3. The zero-order valence-electron chi connectivity index (χ0n) is 23.6. The Hall–Kier alpha value is -0.310. The van der Waals surface area contributed by atoms with Gasteiger partial charge in [0.2, 0.25) is 0 Å². The zero-order chi connectivity index (χ0) is 30.6. The molecule has 14 nitrogen and oxygen atoms in total. The van der Waals surface area contributed by atoms with Crippen molar-refractivity contribution in [1.82, 2.24) is 24.2 Å². The molecule has 4 aliphatic rings. The van der Waals surface area contributed by atoms with Gasteiger partial charge in [0, 0.05) is 51.0 Å². The molecule has 0 saturated carbocycles. The van der Waals surface area contributed by atoms with Crippen LogP contribution in [0.1, 0.15) is 31.1 Å². The average molecular weight is 699 g/mol. The van der Waals surface area contributed by atoms with Crippen LogP contribution in [0.5, 0.6) is 0 Å². The number of rotatable bonds is 6. The van der Waals surface area contributed by atoms with Crippen molar-refractivity contribution in [3.05, 3.63) is 32.6 Å². The summed E-state index contributed by atoms with van der Waals surface area (Å²) in [5, 5.41) is 3.16. The second kappa shape index (κ2) is 18.0. The molecule has 42 heavy (non-hydrogen) atoms. The lowest BCUT2D eigenvalue weighted by molar-refractivity contribution is -0.105. The lowest BCUT2D eigenvalue weighted by Gasteiger charge is -2.33. The van der Waals surface area contributed by atoms with Crippen molar-refractivity contribution in [3.63, 3.8) is 0 Å².